The molecule has 7 heteroatoms. The number of rotatable bonds is 6. The Hall–Kier alpha value is -3.19. The van der Waals surface area contributed by atoms with E-state index in [1.165, 1.54) is 0 Å². The average molecular weight is 420 g/mol. The number of pyridine rings is 1. The van der Waals surface area contributed by atoms with Gasteiger partial charge in [0.15, 0.2) is 5.11 Å². The van der Waals surface area contributed by atoms with Crippen LogP contribution < -0.4 is 10.6 Å². The molecule has 1 aliphatic rings. The maximum Gasteiger partial charge on any atom is 0.226 e. The van der Waals surface area contributed by atoms with E-state index in [9.17, 15) is 4.79 Å². The van der Waals surface area contributed by atoms with Crippen LogP contribution in [0.5, 0.6) is 0 Å². The van der Waals surface area contributed by atoms with Crippen LogP contribution in [0.4, 0.5) is 5.69 Å². The molecule has 1 fully saturated rings. The van der Waals surface area contributed by atoms with Crippen molar-refractivity contribution >= 4 is 28.9 Å². The molecule has 4 rings (SSSR count). The summed E-state index contributed by atoms with van der Waals surface area (Å²) in [6, 6.07) is 15.7. The van der Waals surface area contributed by atoms with E-state index in [-0.39, 0.29) is 18.0 Å². The van der Waals surface area contributed by atoms with Crippen molar-refractivity contribution < 1.29 is 4.79 Å². The Morgan fingerprint density at radius 2 is 2.10 bits per heavy atom. The van der Waals surface area contributed by atoms with Crippen molar-refractivity contribution in [2.45, 2.75) is 25.4 Å². The molecule has 0 unspecified atom stereocenters. The molecule has 1 saturated heterocycles. The van der Waals surface area contributed by atoms with Crippen LogP contribution in [-0.2, 0) is 11.8 Å². The number of thiocarbonyl (C=S) groups is 1. The fourth-order valence-electron chi connectivity index (χ4n) is 3.88. The molecule has 0 bridgehead atoms. The van der Waals surface area contributed by atoms with Gasteiger partial charge in [-0.05, 0) is 60.6 Å². The van der Waals surface area contributed by atoms with Crippen LogP contribution in [0.2, 0.25) is 0 Å². The summed E-state index contributed by atoms with van der Waals surface area (Å²) in [5.74, 6) is -0.0310. The first kappa shape index (κ1) is 20.1. The van der Waals surface area contributed by atoms with Gasteiger partial charge in [-0.25, -0.2) is 0 Å². The second-order valence-electron chi connectivity index (χ2n) is 7.60. The number of carbonyl (C=O) groups is 1. The Labute approximate surface area is 181 Å². The van der Waals surface area contributed by atoms with Gasteiger partial charge in [-0.3, -0.25) is 9.78 Å². The molecule has 0 saturated carbocycles. The zero-order valence-electron chi connectivity index (χ0n) is 17.1. The number of benzene rings is 1. The molecule has 3 aromatic rings. The standard InChI is InChI=1S/C23H25N5OS/c1-16-6-5-7-18(14-16)25-20(29)10-13-28-22(17-9-12-27(2)15-17)21(26-23(28)30)19-8-3-4-11-24-19/h3-9,11-12,14-15,21-22H,10,13H2,1-2H3,(H,25,29)(H,26,30)/t21-,22-/m0/s1. The van der Waals surface area contributed by atoms with Gasteiger partial charge in [0.2, 0.25) is 5.91 Å². The summed E-state index contributed by atoms with van der Waals surface area (Å²) in [4.78, 5) is 19.2. The maximum atomic E-state index is 12.6. The molecule has 0 aliphatic carbocycles. The lowest BCUT2D eigenvalue weighted by atomic mass is 9.99. The van der Waals surface area contributed by atoms with Crippen LogP contribution in [-0.4, -0.2) is 32.0 Å². The molecule has 1 aliphatic heterocycles. The SMILES string of the molecule is Cc1cccc(NC(=O)CCN2C(=S)N[C@@H](c3ccccn3)[C@@H]2c2ccn(C)c2)c1. The third-order valence-corrected chi connectivity index (χ3v) is 5.63. The van der Waals surface area contributed by atoms with E-state index in [0.29, 0.717) is 18.1 Å². The Balaban J connectivity index is 1.51. The third kappa shape index (κ3) is 4.36. The maximum absolute atomic E-state index is 12.6. The lowest BCUT2D eigenvalue weighted by Gasteiger charge is -2.27. The highest BCUT2D eigenvalue weighted by Crippen LogP contribution is 2.38. The van der Waals surface area contributed by atoms with Crippen molar-refractivity contribution in [3.05, 3.63) is 83.9 Å². The molecular formula is C23H25N5OS. The van der Waals surface area contributed by atoms with Gasteiger partial charge in [0.25, 0.3) is 0 Å². The molecule has 0 spiro atoms. The summed E-state index contributed by atoms with van der Waals surface area (Å²) in [7, 11) is 2.00. The highest BCUT2D eigenvalue weighted by atomic mass is 32.1. The second-order valence-corrected chi connectivity index (χ2v) is 7.98. The summed E-state index contributed by atoms with van der Waals surface area (Å²) in [6.07, 6.45) is 6.25. The zero-order valence-corrected chi connectivity index (χ0v) is 17.9. The zero-order chi connectivity index (χ0) is 21.1. The molecule has 2 aromatic heterocycles. The van der Waals surface area contributed by atoms with Crippen molar-refractivity contribution in [3.63, 3.8) is 0 Å². The number of aromatic nitrogens is 2. The van der Waals surface area contributed by atoms with Gasteiger partial charge in [-0.1, -0.05) is 18.2 Å². The Morgan fingerprint density at radius 3 is 2.80 bits per heavy atom. The fourth-order valence-corrected chi connectivity index (χ4v) is 4.21. The number of nitrogens with zero attached hydrogens (tertiary/aromatic N) is 3. The van der Waals surface area contributed by atoms with Crippen LogP contribution in [0.3, 0.4) is 0 Å². The monoisotopic (exact) mass is 419 g/mol. The summed E-state index contributed by atoms with van der Waals surface area (Å²) in [5, 5.41) is 7.03. The topological polar surface area (TPSA) is 62.2 Å². The minimum absolute atomic E-state index is 0.0274. The molecule has 2 N–H and O–H groups in total. The number of amides is 1. The predicted molar refractivity (Wildman–Crippen MR) is 122 cm³/mol. The molecule has 1 aromatic carbocycles. The quantitative estimate of drug-likeness (QED) is 0.596. The average Bonchev–Trinajstić information content (AvgIpc) is 3.30. The predicted octanol–water partition coefficient (Wildman–Crippen LogP) is 3.73. The number of anilines is 1. The first-order valence-electron chi connectivity index (χ1n) is 9.98. The van der Waals surface area contributed by atoms with Crippen molar-refractivity contribution in [1.82, 2.24) is 19.8 Å². The first-order chi connectivity index (χ1) is 14.5. The molecule has 154 valence electrons. The smallest absolute Gasteiger partial charge is 0.226 e. The summed E-state index contributed by atoms with van der Waals surface area (Å²) in [5.41, 5.74) is 3.99. The number of aryl methyl sites for hydroxylation is 2. The van der Waals surface area contributed by atoms with Gasteiger partial charge in [0.05, 0.1) is 17.8 Å². The van der Waals surface area contributed by atoms with Crippen LogP contribution in [0, 0.1) is 6.92 Å². The van der Waals surface area contributed by atoms with Gasteiger partial charge in [0.1, 0.15) is 0 Å². The van der Waals surface area contributed by atoms with Crippen molar-refractivity contribution in [2.24, 2.45) is 7.05 Å². The molecule has 30 heavy (non-hydrogen) atoms. The van der Waals surface area contributed by atoms with Gasteiger partial charge < -0.3 is 20.1 Å². The van der Waals surface area contributed by atoms with Gasteiger partial charge in [0, 0.05) is 44.3 Å². The number of nitrogens with one attached hydrogen (secondary N) is 2. The van der Waals surface area contributed by atoms with Crippen molar-refractivity contribution in [2.75, 3.05) is 11.9 Å². The van der Waals surface area contributed by atoms with E-state index in [0.717, 1.165) is 22.5 Å². The molecular weight excluding hydrogens is 394 g/mol. The lowest BCUT2D eigenvalue weighted by molar-refractivity contribution is -0.116. The van der Waals surface area contributed by atoms with E-state index in [1.54, 1.807) is 6.20 Å². The third-order valence-electron chi connectivity index (χ3n) is 5.28. The first-order valence-corrected chi connectivity index (χ1v) is 10.4. The highest BCUT2D eigenvalue weighted by molar-refractivity contribution is 7.80. The minimum atomic E-state index is -0.0686. The van der Waals surface area contributed by atoms with Gasteiger partial charge in [-0.2, -0.15) is 0 Å². The lowest BCUT2D eigenvalue weighted by Crippen LogP contribution is -2.32. The summed E-state index contributed by atoms with van der Waals surface area (Å²) in [6.45, 7) is 2.53. The minimum Gasteiger partial charge on any atom is -0.357 e. The summed E-state index contributed by atoms with van der Waals surface area (Å²) >= 11 is 5.65. The van der Waals surface area contributed by atoms with E-state index in [4.69, 9.17) is 12.2 Å². The molecule has 0 radical (unpaired) electrons. The van der Waals surface area contributed by atoms with Crippen LogP contribution in [0.1, 0.15) is 35.3 Å². The van der Waals surface area contributed by atoms with Gasteiger partial charge in [-0.15, -0.1) is 0 Å². The van der Waals surface area contributed by atoms with E-state index < -0.39 is 0 Å². The number of hydrogen-bond acceptors (Lipinski definition) is 3. The van der Waals surface area contributed by atoms with Crippen LogP contribution >= 0.6 is 12.2 Å². The normalized spacial score (nSPS) is 18.3. The number of hydrogen-bond donors (Lipinski definition) is 2. The van der Waals surface area contributed by atoms with E-state index >= 15 is 0 Å². The highest BCUT2D eigenvalue weighted by Gasteiger charge is 2.40. The van der Waals surface area contributed by atoms with E-state index in [1.807, 2.05) is 67.2 Å². The molecule has 2 atom stereocenters. The number of carbonyl (C=O) groups excluding carboxylic acids is 1. The Kier molecular flexibility index (Phi) is 5.81. The Morgan fingerprint density at radius 1 is 1.23 bits per heavy atom. The molecule has 1 amide bonds. The fraction of sp³-hybridized carbons (Fsp3) is 0.261. The summed E-state index contributed by atoms with van der Waals surface area (Å²) < 4.78 is 2.02. The molecule has 3 heterocycles. The van der Waals surface area contributed by atoms with Crippen LogP contribution in [0.15, 0.2) is 67.1 Å². The van der Waals surface area contributed by atoms with E-state index in [2.05, 4.69) is 32.8 Å². The Bertz CT molecular complexity index is 1050. The van der Waals surface area contributed by atoms with Crippen molar-refractivity contribution in [1.29, 1.82) is 0 Å². The van der Waals surface area contributed by atoms with Crippen molar-refractivity contribution in [3.8, 4) is 0 Å². The molecule has 6 nitrogen and oxygen atoms in total. The largest absolute Gasteiger partial charge is 0.357 e. The van der Waals surface area contributed by atoms with Crippen LogP contribution in [0.25, 0.3) is 0 Å². The van der Waals surface area contributed by atoms with Gasteiger partial charge >= 0.3 is 0 Å². The second kappa shape index (κ2) is 8.67.